The molecule has 4 rings (SSSR count). The number of pyridine rings is 1. The Morgan fingerprint density at radius 2 is 1.85 bits per heavy atom. The minimum absolute atomic E-state index is 0.0185. The summed E-state index contributed by atoms with van der Waals surface area (Å²) in [4.78, 5) is 16.5. The van der Waals surface area contributed by atoms with Crippen LogP contribution in [0, 0.1) is 5.82 Å². The number of halogens is 3. The maximum Gasteiger partial charge on any atom is 0.267 e. The Labute approximate surface area is 198 Å². The third-order valence-electron chi connectivity index (χ3n) is 4.83. The number of nitrogens with zero attached hydrogens (tertiary/aromatic N) is 2. The fraction of sp³-hybridized carbons (Fsp3) is 0.0909. The van der Waals surface area contributed by atoms with Crippen LogP contribution in [0.5, 0.6) is 5.75 Å². The van der Waals surface area contributed by atoms with Crippen LogP contribution in [0.25, 0.3) is 27.8 Å². The van der Waals surface area contributed by atoms with Gasteiger partial charge in [-0.05, 0) is 29.8 Å². The van der Waals surface area contributed by atoms with Crippen LogP contribution < -0.4 is 9.46 Å². The van der Waals surface area contributed by atoms with Crippen LogP contribution in [0.2, 0.25) is 10.0 Å². The van der Waals surface area contributed by atoms with Crippen molar-refractivity contribution in [2.45, 2.75) is 0 Å². The molecule has 170 valence electrons. The summed E-state index contributed by atoms with van der Waals surface area (Å²) in [5, 5.41) is 1.13. The standard InChI is InChI=1S/C22H16Cl2FN3O4S/c1-32-14-5-3-12(4-6-14)17-11-28(21-15(17)7-13(23)10-26-21)20-9-19(25)16(8-18(20)24)22(29)27-33(2,30)31/h3-11H,1-2H3,(H,27,29). The van der Waals surface area contributed by atoms with Gasteiger partial charge in [0, 0.05) is 29.4 Å². The Morgan fingerprint density at radius 1 is 1.15 bits per heavy atom. The van der Waals surface area contributed by atoms with Gasteiger partial charge >= 0.3 is 0 Å². The van der Waals surface area contributed by atoms with Crippen LogP contribution in [0.15, 0.2) is 54.9 Å². The first kappa shape index (κ1) is 23.0. The highest BCUT2D eigenvalue weighted by molar-refractivity contribution is 7.89. The molecule has 0 spiro atoms. The highest BCUT2D eigenvalue weighted by atomic mass is 35.5. The van der Waals surface area contributed by atoms with Crippen molar-refractivity contribution in [2.75, 3.05) is 13.4 Å². The first-order chi connectivity index (χ1) is 15.6. The molecule has 0 aliphatic heterocycles. The van der Waals surface area contributed by atoms with Gasteiger partial charge in [-0.3, -0.25) is 9.36 Å². The van der Waals surface area contributed by atoms with E-state index in [1.807, 2.05) is 12.1 Å². The second-order valence-corrected chi connectivity index (χ2v) is 9.74. The van der Waals surface area contributed by atoms with Gasteiger partial charge in [-0.25, -0.2) is 22.5 Å². The number of hydrogen-bond acceptors (Lipinski definition) is 5. The van der Waals surface area contributed by atoms with Crippen LogP contribution in [0.3, 0.4) is 0 Å². The highest BCUT2D eigenvalue weighted by Gasteiger charge is 2.21. The van der Waals surface area contributed by atoms with Crippen molar-refractivity contribution in [3.63, 3.8) is 0 Å². The summed E-state index contributed by atoms with van der Waals surface area (Å²) in [5.41, 5.74) is 1.77. The number of aromatic nitrogens is 2. The van der Waals surface area contributed by atoms with E-state index >= 15 is 0 Å². The van der Waals surface area contributed by atoms with Gasteiger partial charge in [0.05, 0.1) is 34.7 Å². The van der Waals surface area contributed by atoms with E-state index < -0.39 is 27.3 Å². The van der Waals surface area contributed by atoms with Crippen molar-refractivity contribution in [2.24, 2.45) is 0 Å². The summed E-state index contributed by atoms with van der Waals surface area (Å²) in [7, 11) is -2.30. The smallest absolute Gasteiger partial charge is 0.267 e. The number of carbonyl (C=O) groups excluding carboxylic acids is 1. The third-order valence-corrected chi connectivity index (χ3v) is 5.90. The van der Waals surface area contributed by atoms with Gasteiger partial charge in [0.15, 0.2) is 0 Å². The van der Waals surface area contributed by atoms with Crippen molar-refractivity contribution in [1.82, 2.24) is 14.3 Å². The molecule has 2 aromatic heterocycles. The largest absolute Gasteiger partial charge is 0.497 e. The van der Waals surface area contributed by atoms with Gasteiger partial charge in [0.2, 0.25) is 10.0 Å². The van der Waals surface area contributed by atoms with E-state index in [9.17, 15) is 17.6 Å². The average Bonchev–Trinajstić information content (AvgIpc) is 3.12. The molecule has 0 fully saturated rings. The van der Waals surface area contributed by atoms with Gasteiger partial charge in [-0.15, -0.1) is 0 Å². The molecule has 0 radical (unpaired) electrons. The molecule has 7 nitrogen and oxygen atoms in total. The van der Waals surface area contributed by atoms with Crippen LogP contribution in [0.4, 0.5) is 4.39 Å². The third kappa shape index (κ3) is 4.66. The molecule has 2 aromatic carbocycles. The fourth-order valence-corrected chi connectivity index (χ4v) is 4.24. The summed E-state index contributed by atoms with van der Waals surface area (Å²) >= 11 is 12.6. The molecule has 0 aliphatic carbocycles. The molecule has 0 saturated heterocycles. The summed E-state index contributed by atoms with van der Waals surface area (Å²) < 4.78 is 46.0. The van der Waals surface area contributed by atoms with Crippen molar-refractivity contribution < 1.29 is 22.3 Å². The summed E-state index contributed by atoms with van der Waals surface area (Å²) in [5.74, 6) is -1.38. The van der Waals surface area contributed by atoms with Crippen LogP contribution >= 0.6 is 23.2 Å². The molecular weight excluding hydrogens is 492 g/mol. The lowest BCUT2D eigenvalue weighted by atomic mass is 10.1. The molecule has 2 heterocycles. The normalized spacial score (nSPS) is 11.5. The zero-order valence-corrected chi connectivity index (χ0v) is 19.6. The molecule has 0 unspecified atom stereocenters. The first-order valence-electron chi connectivity index (χ1n) is 9.40. The number of ether oxygens (including phenoxy) is 1. The maximum absolute atomic E-state index is 14.8. The number of amides is 1. The van der Waals surface area contributed by atoms with Gasteiger partial charge in [-0.1, -0.05) is 35.3 Å². The quantitative estimate of drug-likeness (QED) is 0.417. The van der Waals surface area contributed by atoms with E-state index in [-0.39, 0.29) is 10.7 Å². The van der Waals surface area contributed by atoms with Crippen molar-refractivity contribution in [3.8, 4) is 22.6 Å². The van der Waals surface area contributed by atoms with Gasteiger partial charge in [0.1, 0.15) is 17.2 Å². The van der Waals surface area contributed by atoms with Gasteiger partial charge in [-0.2, -0.15) is 0 Å². The van der Waals surface area contributed by atoms with E-state index in [0.29, 0.717) is 21.8 Å². The molecule has 0 saturated carbocycles. The second-order valence-electron chi connectivity index (χ2n) is 7.15. The molecule has 0 bridgehead atoms. The predicted molar refractivity (Wildman–Crippen MR) is 125 cm³/mol. The zero-order chi connectivity index (χ0) is 23.9. The van der Waals surface area contributed by atoms with E-state index in [0.717, 1.165) is 29.5 Å². The number of hydrogen-bond donors (Lipinski definition) is 1. The predicted octanol–water partition coefficient (Wildman–Crippen LogP) is 4.84. The topological polar surface area (TPSA) is 90.3 Å². The zero-order valence-electron chi connectivity index (χ0n) is 17.3. The first-order valence-corrected chi connectivity index (χ1v) is 12.0. The lowest BCUT2D eigenvalue weighted by Gasteiger charge is -2.11. The monoisotopic (exact) mass is 507 g/mol. The van der Waals surface area contributed by atoms with Crippen LogP contribution in [-0.2, 0) is 10.0 Å². The molecule has 33 heavy (non-hydrogen) atoms. The molecular formula is C22H16Cl2FN3O4S. The molecule has 0 aliphatic rings. The van der Waals surface area contributed by atoms with E-state index in [4.69, 9.17) is 27.9 Å². The summed E-state index contributed by atoms with van der Waals surface area (Å²) in [6, 6.07) is 11.2. The second kappa shape index (κ2) is 8.66. The Balaban J connectivity index is 1.88. The van der Waals surface area contributed by atoms with Crippen molar-refractivity contribution in [3.05, 3.63) is 76.3 Å². The SMILES string of the molecule is COc1ccc(-c2cn(-c3cc(F)c(C(=O)NS(C)(=O)=O)cc3Cl)c3ncc(Cl)cc23)cc1. The van der Waals surface area contributed by atoms with Crippen molar-refractivity contribution >= 4 is 50.2 Å². The summed E-state index contributed by atoms with van der Waals surface area (Å²) in [6.45, 7) is 0. The van der Waals surface area contributed by atoms with E-state index in [1.165, 1.54) is 6.20 Å². The number of sulfonamides is 1. The van der Waals surface area contributed by atoms with E-state index in [1.54, 1.807) is 40.8 Å². The lowest BCUT2D eigenvalue weighted by molar-refractivity contribution is 0.0978. The minimum Gasteiger partial charge on any atom is -0.497 e. The van der Waals surface area contributed by atoms with Crippen LogP contribution in [0.1, 0.15) is 10.4 Å². The van der Waals surface area contributed by atoms with Crippen LogP contribution in [-0.4, -0.2) is 37.2 Å². The van der Waals surface area contributed by atoms with Crippen molar-refractivity contribution in [1.29, 1.82) is 0 Å². The Bertz CT molecular complexity index is 1500. The Hall–Kier alpha value is -3.14. The number of nitrogens with one attached hydrogen (secondary N) is 1. The average molecular weight is 508 g/mol. The molecule has 1 amide bonds. The Kier molecular flexibility index (Phi) is 6.04. The van der Waals surface area contributed by atoms with E-state index in [2.05, 4.69) is 4.98 Å². The summed E-state index contributed by atoms with van der Waals surface area (Å²) in [6.07, 6.45) is 3.98. The maximum atomic E-state index is 14.8. The molecule has 11 heteroatoms. The number of fused-ring (bicyclic) bond motifs is 1. The number of rotatable bonds is 5. The van der Waals surface area contributed by atoms with Gasteiger partial charge in [0.25, 0.3) is 5.91 Å². The lowest BCUT2D eigenvalue weighted by Crippen LogP contribution is -2.30. The fourth-order valence-electron chi connectivity index (χ4n) is 3.38. The number of benzene rings is 2. The number of methoxy groups -OCH3 is 1. The molecule has 4 aromatic rings. The van der Waals surface area contributed by atoms with Gasteiger partial charge < -0.3 is 4.74 Å². The Morgan fingerprint density at radius 3 is 2.48 bits per heavy atom. The number of carbonyl (C=O) groups is 1. The molecule has 1 N–H and O–H groups in total. The highest BCUT2D eigenvalue weighted by Crippen LogP contribution is 2.36. The molecule has 0 atom stereocenters. The minimum atomic E-state index is -3.87.